The number of aryl methyl sites for hydroxylation is 6. The highest BCUT2D eigenvalue weighted by Crippen LogP contribution is 2.68. The molecule has 0 saturated heterocycles. The van der Waals surface area contributed by atoms with E-state index < -0.39 is 28.9 Å². The van der Waals surface area contributed by atoms with Gasteiger partial charge in [-0.15, -0.1) is 68.0 Å². The predicted molar refractivity (Wildman–Crippen MR) is 217 cm³/mol. The molecule has 51 heavy (non-hydrogen) atoms. The Morgan fingerprint density at radius 2 is 0.765 bits per heavy atom. The lowest BCUT2D eigenvalue weighted by atomic mass is 9.94. The second-order valence-corrected chi connectivity index (χ2v) is 21.4. The predicted octanol–water partition coefficient (Wildman–Crippen LogP) is 16.5. The summed E-state index contributed by atoms with van der Waals surface area (Å²) < 4.78 is 99.8. The molecule has 6 aromatic heterocycles. The third-order valence-electron chi connectivity index (χ3n) is 9.52. The minimum absolute atomic E-state index is 0.259. The third kappa shape index (κ3) is 5.62. The van der Waals surface area contributed by atoms with Crippen LogP contribution >= 0.6 is 99.9 Å². The van der Waals surface area contributed by atoms with Crippen LogP contribution in [0.1, 0.15) is 52.9 Å². The molecule has 0 radical (unpaired) electrons. The van der Waals surface area contributed by atoms with Gasteiger partial charge >= 0.3 is 17.8 Å². The fraction of sp³-hybridized carbons (Fsp3) is 0.297. The number of allylic oxidation sites excluding steroid dienone is 2. The topological polar surface area (TPSA) is 0 Å². The Hall–Kier alpha value is -1.52. The summed E-state index contributed by atoms with van der Waals surface area (Å²) in [5, 5.41) is 0. The molecular weight excluding hydrogens is 911 g/mol. The summed E-state index contributed by atoms with van der Waals surface area (Å²) in [6.45, 7) is 15.2. The summed E-state index contributed by atoms with van der Waals surface area (Å²) in [4.78, 5) is 7.96. The molecule has 6 heterocycles. The van der Waals surface area contributed by atoms with Crippen LogP contribution in [-0.4, -0.2) is 17.8 Å². The first-order chi connectivity index (χ1) is 23.7. The van der Waals surface area contributed by atoms with E-state index in [-0.39, 0.29) is 20.9 Å². The SMILES string of the molecule is Cc1cc(-c2sc(-c3sc(C)c(C)c3Br)cc2C2=C(c3cc(-c4sc(C)c(C)c4Br)sc3-c3cc(C)c(C)s3)C(F)(F)C(F)(F)C2(F)F)sc1C. The summed E-state index contributed by atoms with van der Waals surface area (Å²) in [6, 6.07) is 6.45. The van der Waals surface area contributed by atoms with Crippen molar-refractivity contribution in [3.05, 3.63) is 86.1 Å². The first-order valence-corrected chi connectivity index (χ1v) is 22.0. The molecule has 0 aliphatic heterocycles. The smallest absolute Gasteiger partial charge is 0.194 e. The molecule has 0 nitrogen and oxygen atoms in total. The number of rotatable bonds is 6. The zero-order valence-corrected chi connectivity index (χ0v) is 36.4. The molecule has 1 aliphatic rings. The highest BCUT2D eigenvalue weighted by molar-refractivity contribution is 9.11. The molecule has 14 heteroatoms. The Bertz CT molecular complexity index is 2220. The fourth-order valence-electron chi connectivity index (χ4n) is 6.06. The molecule has 0 spiro atoms. The van der Waals surface area contributed by atoms with Crippen molar-refractivity contribution in [1.82, 2.24) is 0 Å². The third-order valence-corrected chi connectivity index (χ3v) is 19.7. The van der Waals surface area contributed by atoms with E-state index in [4.69, 9.17) is 0 Å². The van der Waals surface area contributed by atoms with Gasteiger partial charge in [-0.05, 0) is 134 Å². The van der Waals surface area contributed by atoms with Crippen molar-refractivity contribution >= 4 is 111 Å². The highest BCUT2D eigenvalue weighted by Gasteiger charge is 2.80. The van der Waals surface area contributed by atoms with Crippen molar-refractivity contribution < 1.29 is 26.3 Å². The van der Waals surface area contributed by atoms with Crippen LogP contribution in [-0.2, 0) is 0 Å². The summed E-state index contributed by atoms with van der Waals surface area (Å²) in [5.41, 5.74) is 0.448. The summed E-state index contributed by atoms with van der Waals surface area (Å²) >= 11 is 15.1. The van der Waals surface area contributed by atoms with Crippen LogP contribution in [0.15, 0.2) is 33.2 Å². The normalized spacial score (nSPS) is 16.6. The van der Waals surface area contributed by atoms with Crippen molar-refractivity contribution in [3.63, 3.8) is 0 Å². The van der Waals surface area contributed by atoms with Gasteiger partial charge in [-0.25, -0.2) is 0 Å². The summed E-state index contributed by atoms with van der Waals surface area (Å²) in [5.74, 6) is -16.1. The average molecular weight is 939 g/mol. The Labute approximate surface area is 332 Å². The molecule has 0 unspecified atom stereocenters. The van der Waals surface area contributed by atoms with Crippen LogP contribution in [0.3, 0.4) is 0 Å². The van der Waals surface area contributed by atoms with E-state index >= 15 is 26.3 Å². The Morgan fingerprint density at radius 1 is 0.431 bits per heavy atom. The molecule has 0 amide bonds. The van der Waals surface area contributed by atoms with Crippen LogP contribution in [0.2, 0.25) is 0 Å². The Kier molecular flexibility index (Phi) is 9.47. The van der Waals surface area contributed by atoms with E-state index in [0.717, 1.165) is 83.1 Å². The van der Waals surface area contributed by atoms with Crippen LogP contribution in [0.4, 0.5) is 26.3 Å². The van der Waals surface area contributed by atoms with Gasteiger partial charge in [0, 0.05) is 70.2 Å². The van der Waals surface area contributed by atoms with Gasteiger partial charge < -0.3 is 0 Å². The van der Waals surface area contributed by atoms with E-state index in [1.54, 1.807) is 0 Å². The molecule has 0 N–H and O–H groups in total. The molecule has 0 fully saturated rings. The summed E-state index contributed by atoms with van der Waals surface area (Å²) in [6.07, 6.45) is 0. The Morgan fingerprint density at radius 3 is 1.04 bits per heavy atom. The van der Waals surface area contributed by atoms with Crippen molar-refractivity contribution in [3.8, 4) is 39.0 Å². The van der Waals surface area contributed by atoms with Crippen LogP contribution in [0.5, 0.6) is 0 Å². The molecule has 0 atom stereocenters. The average Bonchev–Trinajstić information content (AvgIpc) is 3.91. The van der Waals surface area contributed by atoms with Crippen molar-refractivity contribution in [2.75, 3.05) is 0 Å². The largest absolute Gasteiger partial charge is 0.380 e. The number of hydrogen-bond acceptors (Lipinski definition) is 6. The second kappa shape index (κ2) is 12.8. The molecule has 7 rings (SSSR count). The molecule has 6 aromatic rings. The van der Waals surface area contributed by atoms with E-state index in [0.29, 0.717) is 19.5 Å². The molecule has 0 aromatic carbocycles. The Balaban J connectivity index is 1.62. The van der Waals surface area contributed by atoms with Crippen LogP contribution < -0.4 is 0 Å². The molecular formula is C37H28Br2F6S6. The van der Waals surface area contributed by atoms with Gasteiger partial charge in [-0.1, -0.05) is 0 Å². The standard InChI is InChI=1S/C37H28Br2F6S6/c1-13-9-23(46-17(13)5)31-21(11-25(50-31)33-29(38)15(3)19(7)48-33)27-28(36(42,43)37(44,45)35(27,40)41)22-12-26(34-30(39)16(4)20(8)49-34)51-32(22)24-10-14(2)18(6)47-24/h9-12H,1-8H3. The van der Waals surface area contributed by atoms with Gasteiger partial charge in [0.1, 0.15) is 0 Å². The van der Waals surface area contributed by atoms with E-state index in [1.165, 1.54) is 57.5 Å². The lowest BCUT2D eigenvalue weighted by molar-refractivity contribution is -0.254. The second-order valence-electron chi connectivity index (χ2n) is 12.7. The number of halogens is 8. The number of thiophene rings is 6. The van der Waals surface area contributed by atoms with Gasteiger partial charge in [0.15, 0.2) is 0 Å². The number of hydrogen-bond donors (Lipinski definition) is 0. The molecule has 0 bridgehead atoms. The molecule has 268 valence electrons. The fourth-order valence-corrected chi connectivity index (χ4v) is 15.0. The molecule has 1 aliphatic carbocycles. The quantitative estimate of drug-likeness (QED) is 0.146. The van der Waals surface area contributed by atoms with Gasteiger partial charge in [0.05, 0.1) is 19.5 Å². The summed E-state index contributed by atoms with van der Waals surface area (Å²) in [7, 11) is 0. The maximum absolute atomic E-state index is 16.6. The van der Waals surface area contributed by atoms with Crippen LogP contribution in [0.25, 0.3) is 50.2 Å². The van der Waals surface area contributed by atoms with E-state index in [9.17, 15) is 0 Å². The minimum Gasteiger partial charge on any atom is -0.194 e. The molecule has 0 saturated carbocycles. The van der Waals surface area contributed by atoms with Crippen molar-refractivity contribution in [2.24, 2.45) is 0 Å². The van der Waals surface area contributed by atoms with Crippen LogP contribution in [0, 0.1) is 55.4 Å². The minimum atomic E-state index is -5.70. The number of alkyl halides is 6. The van der Waals surface area contributed by atoms with Crippen molar-refractivity contribution in [2.45, 2.75) is 73.2 Å². The van der Waals surface area contributed by atoms with Gasteiger partial charge in [0.2, 0.25) is 0 Å². The van der Waals surface area contributed by atoms with Gasteiger partial charge in [-0.3, -0.25) is 0 Å². The highest BCUT2D eigenvalue weighted by atomic mass is 79.9. The lowest BCUT2D eigenvalue weighted by Gasteiger charge is -2.25. The van der Waals surface area contributed by atoms with E-state index in [2.05, 4.69) is 31.9 Å². The zero-order chi connectivity index (χ0) is 37.3. The zero-order valence-electron chi connectivity index (χ0n) is 28.3. The monoisotopic (exact) mass is 936 g/mol. The van der Waals surface area contributed by atoms with Gasteiger partial charge in [0.25, 0.3) is 0 Å². The van der Waals surface area contributed by atoms with Crippen molar-refractivity contribution in [1.29, 1.82) is 0 Å². The first kappa shape index (κ1) is 37.8. The maximum atomic E-state index is 16.6. The van der Waals surface area contributed by atoms with E-state index in [1.807, 2.05) is 67.5 Å². The maximum Gasteiger partial charge on any atom is 0.380 e. The van der Waals surface area contributed by atoms with Gasteiger partial charge in [-0.2, -0.15) is 26.3 Å². The lowest BCUT2D eigenvalue weighted by Crippen LogP contribution is -2.48. The first-order valence-electron chi connectivity index (χ1n) is 15.5.